The van der Waals surface area contributed by atoms with Gasteiger partial charge in [-0.25, -0.2) is 0 Å². The van der Waals surface area contributed by atoms with Gasteiger partial charge in [0.05, 0.1) is 0 Å². The Morgan fingerprint density at radius 2 is 1.83 bits per heavy atom. The van der Waals surface area contributed by atoms with Crippen LogP contribution in [0.15, 0.2) is 21.2 Å². The van der Waals surface area contributed by atoms with Crippen molar-refractivity contribution in [3.8, 4) is 0 Å². The lowest BCUT2D eigenvalue weighted by atomic mass is 9.71. The first-order valence-electron chi connectivity index (χ1n) is 6.81. The molecule has 1 unspecified atom stereocenters. The number of aliphatic hydroxyl groups is 1. The Hall–Kier alpha value is -0.320. The smallest absolute Gasteiger partial charge is 0.169 e. The Morgan fingerprint density at radius 1 is 1.22 bits per heavy atom. The molecule has 1 aliphatic carbocycles. The molecule has 18 heavy (non-hydrogen) atoms. The highest BCUT2D eigenvalue weighted by molar-refractivity contribution is 9.10. The number of furan rings is 1. The summed E-state index contributed by atoms with van der Waals surface area (Å²) in [6, 6.07) is 3.66. The van der Waals surface area contributed by atoms with Gasteiger partial charge in [0.25, 0.3) is 0 Å². The van der Waals surface area contributed by atoms with E-state index in [0.29, 0.717) is 17.0 Å². The third kappa shape index (κ3) is 2.98. The number of aliphatic hydroxyl groups excluding tert-OH is 1. The molecule has 0 spiro atoms. The fraction of sp³-hybridized carbons (Fsp3) is 0.714. The molecule has 102 valence electrons. The standard InChI is InChI=1S/C14H22BrNO2/c15-12-7-6-11(18-12)13(17)14(10-16)8-4-2-1-3-5-9-14/h6-7,13,17H,1-5,8-10,16H2. The molecule has 0 aliphatic heterocycles. The average molecular weight is 316 g/mol. The Kier molecular flexibility index (Phi) is 4.87. The summed E-state index contributed by atoms with van der Waals surface area (Å²) >= 11 is 3.28. The lowest BCUT2D eigenvalue weighted by Crippen LogP contribution is -2.37. The van der Waals surface area contributed by atoms with Crippen LogP contribution in [0.1, 0.15) is 56.8 Å². The van der Waals surface area contributed by atoms with Crippen LogP contribution in [0, 0.1) is 5.41 Å². The van der Waals surface area contributed by atoms with Crippen molar-refractivity contribution >= 4 is 15.9 Å². The molecule has 1 saturated carbocycles. The summed E-state index contributed by atoms with van der Waals surface area (Å²) in [5.41, 5.74) is 5.78. The topological polar surface area (TPSA) is 59.4 Å². The maximum atomic E-state index is 10.6. The minimum Gasteiger partial charge on any atom is -0.452 e. The van der Waals surface area contributed by atoms with Crippen molar-refractivity contribution in [2.75, 3.05) is 6.54 Å². The largest absolute Gasteiger partial charge is 0.452 e. The molecule has 1 atom stereocenters. The third-order valence-electron chi connectivity index (χ3n) is 4.20. The zero-order chi connectivity index (χ0) is 13.0. The molecule has 1 aliphatic rings. The van der Waals surface area contributed by atoms with E-state index >= 15 is 0 Å². The molecule has 1 aromatic heterocycles. The molecule has 2 rings (SSSR count). The summed E-state index contributed by atoms with van der Waals surface area (Å²) in [4.78, 5) is 0. The van der Waals surface area contributed by atoms with Crippen LogP contribution in [0.3, 0.4) is 0 Å². The zero-order valence-electron chi connectivity index (χ0n) is 10.7. The van der Waals surface area contributed by atoms with Crippen molar-refractivity contribution < 1.29 is 9.52 Å². The quantitative estimate of drug-likeness (QED) is 0.892. The van der Waals surface area contributed by atoms with Gasteiger partial charge in [-0.15, -0.1) is 0 Å². The first-order chi connectivity index (χ1) is 8.68. The molecule has 0 bridgehead atoms. The van der Waals surface area contributed by atoms with E-state index in [1.807, 2.05) is 12.1 Å². The van der Waals surface area contributed by atoms with Crippen LogP contribution in [-0.4, -0.2) is 11.7 Å². The highest BCUT2D eigenvalue weighted by Crippen LogP contribution is 2.44. The summed E-state index contributed by atoms with van der Waals surface area (Å²) < 4.78 is 6.17. The number of hydrogen-bond acceptors (Lipinski definition) is 3. The Bertz CT molecular complexity index is 370. The molecular formula is C14H22BrNO2. The van der Waals surface area contributed by atoms with Crippen LogP contribution in [-0.2, 0) is 0 Å². The van der Waals surface area contributed by atoms with Crippen LogP contribution in [0.4, 0.5) is 0 Å². The van der Waals surface area contributed by atoms with Gasteiger partial charge in [-0.2, -0.15) is 0 Å². The van der Waals surface area contributed by atoms with Crippen LogP contribution in [0.2, 0.25) is 0 Å². The van der Waals surface area contributed by atoms with Gasteiger partial charge in [0, 0.05) is 12.0 Å². The molecule has 1 fully saturated rings. The minimum atomic E-state index is -0.591. The monoisotopic (exact) mass is 315 g/mol. The summed E-state index contributed by atoms with van der Waals surface area (Å²) in [5.74, 6) is 0.632. The van der Waals surface area contributed by atoms with Crippen molar-refractivity contribution in [2.45, 2.75) is 51.0 Å². The molecule has 1 aromatic rings. The first-order valence-corrected chi connectivity index (χ1v) is 7.61. The average Bonchev–Trinajstić information content (AvgIpc) is 2.76. The maximum absolute atomic E-state index is 10.6. The van der Waals surface area contributed by atoms with E-state index in [1.165, 1.54) is 19.3 Å². The SMILES string of the molecule is NCC1(C(O)c2ccc(Br)o2)CCCCCCC1. The minimum absolute atomic E-state index is 0.211. The van der Waals surface area contributed by atoms with E-state index < -0.39 is 6.10 Å². The first kappa shape index (κ1) is 14.1. The Balaban J connectivity index is 2.18. The van der Waals surface area contributed by atoms with Crippen LogP contribution in [0.25, 0.3) is 0 Å². The van der Waals surface area contributed by atoms with Gasteiger partial charge in [0.2, 0.25) is 0 Å². The fourth-order valence-electron chi connectivity index (χ4n) is 2.98. The lowest BCUT2D eigenvalue weighted by Gasteiger charge is -2.37. The van der Waals surface area contributed by atoms with Gasteiger partial charge in [0.15, 0.2) is 4.67 Å². The summed E-state index contributed by atoms with van der Waals surface area (Å²) in [5, 5.41) is 10.6. The predicted molar refractivity (Wildman–Crippen MR) is 75.2 cm³/mol. The van der Waals surface area contributed by atoms with E-state index in [1.54, 1.807) is 0 Å². The molecule has 1 heterocycles. The zero-order valence-corrected chi connectivity index (χ0v) is 12.3. The highest BCUT2D eigenvalue weighted by atomic mass is 79.9. The van der Waals surface area contributed by atoms with Crippen molar-refractivity contribution in [3.05, 3.63) is 22.6 Å². The molecule has 3 N–H and O–H groups in total. The van der Waals surface area contributed by atoms with Crippen molar-refractivity contribution in [2.24, 2.45) is 11.1 Å². The van der Waals surface area contributed by atoms with Crippen molar-refractivity contribution in [1.82, 2.24) is 0 Å². The van der Waals surface area contributed by atoms with Crippen molar-refractivity contribution in [1.29, 1.82) is 0 Å². The van der Waals surface area contributed by atoms with Gasteiger partial charge in [-0.3, -0.25) is 0 Å². The Labute approximate surface area is 117 Å². The molecule has 0 radical (unpaired) electrons. The number of nitrogens with two attached hydrogens (primary N) is 1. The van der Waals surface area contributed by atoms with Crippen LogP contribution >= 0.6 is 15.9 Å². The summed E-state index contributed by atoms with van der Waals surface area (Å²) in [7, 11) is 0. The van der Waals surface area contributed by atoms with E-state index in [9.17, 15) is 5.11 Å². The van der Waals surface area contributed by atoms with E-state index in [-0.39, 0.29) is 5.41 Å². The number of rotatable bonds is 3. The van der Waals surface area contributed by atoms with Gasteiger partial charge in [-0.05, 0) is 40.9 Å². The molecule has 0 aromatic carbocycles. The molecule has 4 heteroatoms. The van der Waals surface area contributed by atoms with E-state index in [2.05, 4.69) is 15.9 Å². The summed E-state index contributed by atoms with van der Waals surface area (Å²) in [6.45, 7) is 0.520. The van der Waals surface area contributed by atoms with Gasteiger partial charge in [-0.1, -0.05) is 32.1 Å². The molecular weight excluding hydrogens is 294 g/mol. The fourth-order valence-corrected chi connectivity index (χ4v) is 3.29. The van der Waals surface area contributed by atoms with Crippen LogP contribution in [0.5, 0.6) is 0 Å². The lowest BCUT2D eigenvalue weighted by molar-refractivity contribution is -0.00648. The van der Waals surface area contributed by atoms with Gasteiger partial charge in [0.1, 0.15) is 11.9 Å². The number of halogens is 1. The molecule has 3 nitrogen and oxygen atoms in total. The van der Waals surface area contributed by atoms with E-state index in [4.69, 9.17) is 10.2 Å². The Morgan fingerprint density at radius 3 is 2.33 bits per heavy atom. The normalized spacial score (nSPS) is 22.2. The van der Waals surface area contributed by atoms with Crippen molar-refractivity contribution in [3.63, 3.8) is 0 Å². The van der Waals surface area contributed by atoms with E-state index in [0.717, 1.165) is 25.7 Å². The van der Waals surface area contributed by atoms with Gasteiger partial charge >= 0.3 is 0 Å². The molecule has 0 amide bonds. The maximum Gasteiger partial charge on any atom is 0.169 e. The van der Waals surface area contributed by atoms with Gasteiger partial charge < -0.3 is 15.3 Å². The second-order valence-electron chi connectivity index (χ2n) is 5.38. The predicted octanol–water partition coefficient (Wildman–Crippen LogP) is 3.76. The highest BCUT2D eigenvalue weighted by Gasteiger charge is 2.38. The second kappa shape index (κ2) is 6.22. The summed E-state index contributed by atoms with van der Waals surface area (Å²) in [6.07, 6.45) is 7.49. The number of hydrogen-bond donors (Lipinski definition) is 2. The third-order valence-corrected chi connectivity index (χ3v) is 4.63. The van der Waals surface area contributed by atoms with Crippen LogP contribution < -0.4 is 5.73 Å². The second-order valence-corrected chi connectivity index (χ2v) is 6.16. The molecule has 0 saturated heterocycles.